The molecule has 5 nitrogen and oxygen atoms in total. The molecule has 1 spiro atoms. The zero-order chi connectivity index (χ0) is 15.9. The summed E-state index contributed by atoms with van der Waals surface area (Å²) in [5.74, 6) is -0.0766. The molecule has 0 radical (unpaired) electrons. The Morgan fingerprint density at radius 1 is 1.22 bits per heavy atom. The van der Waals surface area contributed by atoms with Crippen molar-refractivity contribution in [3.63, 3.8) is 0 Å². The predicted octanol–water partition coefficient (Wildman–Crippen LogP) is 3.63. The molecule has 120 valence electrons. The summed E-state index contributed by atoms with van der Waals surface area (Å²) < 4.78 is 0. The Kier molecular flexibility index (Phi) is 3.69. The van der Waals surface area contributed by atoms with Crippen LogP contribution in [0.4, 0.5) is 4.79 Å². The first-order chi connectivity index (χ1) is 11.2. The number of carbonyl (C=O) groups excluding carboxylic acids is 2. The van der Waals surface area contributed by atoms with Crippen LogP contribution in [0.15, 0.2) is 22.2 Å². The quantitative estimate of drug-likeness (QED) is 0.863. The number of carbonyl (C=O) groups is 2. The Bertz CT molecular complexity index is 732. The van der Waals surface area contributed by atoms with Crippen LogP contribution in [0.5, 0.6) is 0 Å². The number of rotatable bonds is 3. The molecule has 3 amide bonds. The molecule has 0 aromatic carbocycles. The van der Waals surface area contributed by atoms with Crippen molar-refractivity contribution in [3.8, 4) is 10.6 Å². The van der Waals surface area contributed by atoms with Gasteiger partial charge in [0.2, 0.25) is 0 Å². The summed E-state index contributed by atoms with van der Waals surface area (Å²) in [6.07, 6.45) is 4.65. The lowest BCUT2D eigenvalue weighted by Gasteiger charge is -2.30. The first-order valence-electron chi connectivity index (χ1n) is 7.79. The van der Waals surface area contributed by atoms with Crippen LogP contribution in [0.1, 0.15) is 37.8 Å². The van der Waals surface area contributed by atoms with E-state index in [2.05, 4.69) is 10.3 Å². The van der Waals surface area contributed by atoms with Gasteiger partial charge in [0.15, 0.2) is 0 Å². The van der Waals surface area contributed by atoms with Gasteiger partial charge in [-0.2, -0.15) is 11.3 Å². The van der Waals surface area contributed by atoms with Gasteiger partial charge in [0.1, 0.15) is 10.5 Å². The highest BCUT2D eigenvalue weighted by molar-refractivity contribution is 7.14. The third kappa shape index (κ3) is 2.57. The monoisotopic (exact) mass is 347 g/mol. The lowest BCUT2D eigenvalue weighted by Crippen LogP contribution is -2.48. The zero-order valence-electron chi connectivity index (χ0n) is 12.6. The van der Waals surface area contributed by atoms with Gasteiger partial charge in [0, 0.05) is 16.3 Å². The van der Waals surface area contributed by atoms with Crippen LogP contribution in [-0.2, 0) is 11.3 Å². The van der Waals surface area contributed by atoms with Gasteiger partial charge in [-0.3, -0.25) is 9.69 Å². The maximum atomic E-state index is 12.8. The number of hydrogen-bond acceptors (Lipinski definition) is 5. The van der Waals surface area contributed by atoms with E-state index in [1.165, 1.54) is 4.90 Å². The normalized spacial score (nSPS) is 20.3. The summed E-state index contributed by atoms with van der Waals surface area (Å²) >= 11 is 3.18. The number of amides is 3. The minimum Gasteiger partial charge on any atom is -0.323 e. The Morgan fingerprint density at radius 3 is 2.78 bits per heavy atom. The molecular formula is C16H17N3O2S2. The number of imide groups is 1. The van der Waals surface area contributed by atoms with Crippen molar-refractivity contribution in [3.05, 3.63) is 27.9 Å². The van der Waals surface area contributed by atoms with Crippen molar-refractivity contribution in [1.29, 1.82) is 0 Å². The van der Waals surface area contributed by atoms with Gasteiger partial charge in [-0.1, -0.05) is 19.3 Å². The fourth-order valence-corrected chi connectivity index (χ4v) is 4.90. The fraction of sp³-hybridized carbons (Fsp3) is 0.438. The average molecular weight is 347 g/mol. The molecule has 2 aromatic heterocycles. The smallest absolute Gasteiger partial charge is 0.323 e. The number of urea groups is 1. The summed E-state index contributed by atoms with van der Waals surface area (Å²) in [7, 11) is 0. The Balaban J connectivity index is 1.52. The van der Waals surface area contributed by atoms with Crippen molar-refractivity contribution in [2.45, 2.75) is 44.2 Å². The average Bonchev–Trinajstić information content (AvgIpc) is 3.27. The molecule has 1 aliphatic heterocycles. The molecule has 0 bridgehead atoms. The van der Waals surface area contributed by atoms with E-state index in [1.54, 1.807) is 22.7 Å². The molecule has 2 aromatic rings. The highest BCUT2D eigenvalue weighted by Crippen LogP contribution is 2.34. The SMILES string of the molecule is O=C1NC2(CCCCC2)C(=O)N1Cc1csc(-c2ccsc2)n1. The Labute approximate surface area is 142 Å². The number of nitrogens with one attached hydrogen (secondary N) is 1. The largest absolute Gasteiger partial charge is 0.325 e. The first kappa shape index (κ1) is 14.8. The minimum atomic E-state index is -0.651. The summed E-state index contributed by atoms with van der Waals surface area (Å²) in [6.45, 7) is 0.257. The topological polar surface area (TPSA) is 62.3 Å². The summed E-state index contributed by atoms with van der Waals surface area (Å²) in [5.41, 5.74) is 1.21. The van der Waals surface area contributed by atoms with Crippen LogP contribution in [0.25, 0.3) is 10.6 Å². The highest BCUT2D eigenvalue weighted by Gasteiger charge is 2.51. The predicted molar refractivity (Wildman–Crippen MR) is 90.3 cm³/mol. The van der Waals surface area contributed by atoms with Crippen LogP contribution in [0, 0.1) is 0 Å². The van der Waals surface area contributed by atoms with Crippen LogP contribution >= 0.6 is 22.7 Å². The van der Waals surface area contributed by atoms with Gasteiger partial charge in [0.05, 0.1) is 12.2 Å². The Hall–Kier alpha value is -1.73. The van der Waals surface area contributed by atoms with Gasteiger partial charge >= 0.3 is 6.03 Å². The Morgan fingerprint density at radius 2 is 2.04 bits per heavy atom. The molecule has 4 rings (SSSR count). The number of thiazole rings is 1. The third-order valence-corrected chi connectivity index (χ3v) is 6.22. The molecule has 0 unspecified atom stereocenters. The maximum absolute atomic E-state index is 12.8. The highest BCUT2D eigenvalue weighted by atomic mass is 32.1. The van der Waals surface area contributed by atoms with Gasteiger partial charge in [-0.05, 0) is 24.3 Å². The van der Waals surface area contributed by atoms with Gasteiger partial charge < -0.3 is 5.32 Å². The fourth-order valence-electron chi connectivity index (χ4n) is 3.37. The number of hydrogen-bond donors (Lipinski definition) is 1. The summed E-state index contributed by atoms with van der Waals surface area (Å²) in [4.78, 5) is 30.9. The van der Waals surface area contributed by atoms with Crippen LogP contribution in [0.2, 0.25) is 0 Å². The van der Waals surface area contributed by atoms with Crippen molar-refractivity contribution in [2.75, 3.05) is 0 Å². The minimum absolute atomic E-state index is 0.0766. The molecule has 3 heterocycles. The molecule has 2 fully saturated rings. The van der Waals surface area contributed by atoms with Crippen molar-refractivity contribution in [2.24, 2.45) is 0 Å². The van der Waals surface area contributed by atoms with Gasteiger partial charge in [0.25, 0.3) is 5.91 Å². The van der Waals surface area contributed by atoms with E-state index in [0.717, 1.165) is 48.4 Å². The summed E-state index contributed by atoms with van der Waals surface area (Å²) in [5, 5.41) is 9.86. The second kappa shape index (κ2) is 5.72. The van der Waals surface area contributed by atoms with E-state index in [4.69, 9.17) is 0 Å². The van der Waals surface area contributed by atoms with E-state index < -0.39 is 5.54 Å². The van der Waals surface area contributed by atoms with E-state index in [9.17, 15) is 9.59 Å². The molecule has 1 aliphatic carbocycles. The second-order valence-electron chi connectivity index (χ2n) is 6.12. The standard InChI is InChI=1S/C16H17N3O2S2/c20-14-16(5-2-1-3-6-16)18-15(21)19(14)8-12-10-23-13(17-12)11-4-7-22-9-11/h4,7,9-10H,1-3,5-6,8H2,(H,18,21). The zero-order valence-corrected chi connectivity index (χ0v) is 14.2. The lowest BCUT2D eigenvalue weighted by molar-refractivity contribution is -0.132. The third-order valence-electron chi connectivity index (χ3n) is 4.59. The second-order valence-corrected chi connectivity index (χ2v) is 7.76. The molecule has 1 saturated carbocycles. The van der Waals surface area contributed by atoms with E-state index in [0.29, 0.717) is 0 Å². The number of nitrogens with zero attached hydrogens (tertiary/aromatic N) is 2. The van der Waals surface area contributed by atoms with Crippen LogP contribution < -0.4 is 5.32 Å². The van der Waals surface area contributed by atoms with Crippen molar-refractivity contribution >= 4 is 34.6 Å². The molecule has 1 saturated heterocycles. The molecule has 1 N–H and O–H groups in total. The van der Waals surface area contributed by atoms with Crippen molar-refractivity contribution in [1.82, 2.24) is 15.2 Å². The summed E-state index contributed by atoms with van der Waals surface area (Å²) in [6, 6.07) is 1.75. The number of aromatic nitrogens is 1. The van der Waals surface area contributed by atoms with Gasteiger partial charge in [-0.15, -0.1) is 11.3 Å². The number of thiophene rings is 1. The molecule has 2 aliphatic rings. The van der Waals surface area contributed by atoms with Crippen LogP contribution in [0.3, 0.4) is 0 Å². The lowest BCUT2D eigenvalue weighted by atomic mass is 9.82. The van der Waals surface area contributed by atoms with Crippen molar-refractivity contribution < 1.29 is 9.59 Å². The molecular weight excluding hydrogens is 330 g/mol. The van der Waals surface area contributed by atoms with E-state index >= 15 is 0 Å². The van der Waals surface area contributed by atoms with Crippen LogP contribution in [-0.4, -0.2) is 27.4 Å². The molecule has 23 heavy (non-hydrogen) atoms. The van der Waals surface area contributed by atoms with E-state index in [1.807, 2.05) is 22.2 Å². The first-order valence-corrected chi connectivity index (χ1v) is 9.61. The maximum Gasteiger partial charge on any atom is 0.325 e. The molecule has 0 atom stereocenters. The molecule has 7 heteroatoms. The van der Waals surface area contributed by atoms with E-state index in [-0.39, 0.29) is 18.5 Å². The van der Waals surface area contributed by atoms with Gasteiger partial charge in [-0.25, -0.2) is 9.78 Å².